The van der Waals surface area contributed by atoms with Gasteiger partial charge in [0.2, 0.25) is 12.7 Å². The third-order valence-corrected chi connectivity index (χ3v) is 4.34. The molecule has 1 N–H and O–H groups in total. The number of likely N-dealkylation sites (tertiary alicyclic amines) is 1. The minimum Gasteiger partial charge on any atom is -0.481 e. The average Bonchev–Trinajstić information content (AvgIpc) is 2.94. The highest BCUT2D eigenvalue weighted by molar-refractivity contribution is 5.80. The lowest BCUT2D eigenvalue weighted by Crippen LogP contribution is -2.47. The van der Waals surface area contributed by atoms with Gasteiger partial charge in [0.15, 0.2) is 11.5 Å². The molecule has 2 atom stereocenters. The lowest BCUT2D eigenvalue weighted by atomic mass is 9.93. The Labute approximate surface area is 128 Å². The topological polar surface area (TPSA) is 76.1 Å². The normalized spacial score (nSPS) is 23.4. The van der Waals surface area contributed by atoms with Crippen LogP contribution in [-0.4, -0.2) is 41.3 Å². The van der Waals surface area contributed by atoms with Gasteiger partial charge in [-0.25, -0.2) is 0 Å². The van der Waals surface area contributed by atoms with E-state index < -0.39 is 11.9 Å². The van der Waals surface area contributed by atoms with E-state index in [0.29, 0.717) is 24.5 Å². The van der Waals surface area contributed by atoms with E-state index in [1.165, 1.54) is 0 Å². The summed E-state index contributed by atoms with van der Waals surface area (Å²) in [5.74, 6) is 0.0101. The van der Waals surface area contributed by atoms with E-state index >= 15 is 0 Å². The first kappa shape index (κ1) is 14.7. The predicted octanol–water partition coefficient (Wildman–Crippen LogP) is 1.67. The molecule has 2 heterocycles. The van der Waals surface area contributed by atoms with Crippen molar-refractivity contribution in [3.05, 3.63) is 23.8 Å². The number of benzene rings is 1. The fourth-order valence-corrected chi connectivity index (χ4v) is 2.98. The monoisotopic (exact) mass is 305 g/mol. The Balaban J connectivity index is 1.69. The van der Waals surface area contributed by atoms with Crippen molar-refractivity contribution >= 4 is 11.9 Å². The summed E-state index contributed by atoms with van der Waals surface area (Å²) in [7, 11) is 0. The molecule has 0 aromatic heterocycles. The van der Waals surface area contributed by atoms with E-state index in [0.717, 1.165) is 12.0 Å². The highest BCUT2D eigenvalue weighted by atomic mass is 16.7. The van der Waals surface area contributed by atoms with Crippen LogP contribution in [0.15, 0.2) is 18.2 Å². The number of fused-ring (bicyclic) bond motifs is 1. The Morgan fingerprint density at radius 1 is 1.27 bits per heavy atom. The summed E-state index contributed by atoms with van der Waals surface area (Å²) in [5.41, 5.74) is 0.846. The van der Waals surface area contributed by atoms with E-state index in [-0.39, 0.29) is 25.2 Å². The number of aliphatic carboxylic acids is 1. The Morgan fingerprint density at radius 2 is 2.05 bits per heavy atom. The first-order chi connectivity index (χ1) is 10.5. The van der Waals surface area contributed by atoms with Gasteiger partial charge in [-0.15, -0.1) is 0 Å². The molecule has 22 heavy (non-hydrogen) atoms. The zero-order valence-corrected chi connectivity index (χ0v) is 12.4. The highest BCUT2D eigenvalue weighted by Crippen LogP contribution is 2.33. The molecule has 0 aliphatic carbocycles. The van der Waals surface area contributed by atoms with Crippen LogP contribution in [0.5, 0.6) is 11.5 Å². The molecule has 0 spiro atoms. The summed E-state index contributed by atoms with van der Waals surface area (Å²) >= 11 is 0. The van der Waals surface area contributed by atoms with Crippen molar-refractivity contribution in [3.8, 4) is 11.5 Å². The SMILES string of the molecule is CC1CCC(C(=O)O)CN1C(=O)Cc1ccc2c(c1)OCO2. The number of nitrogens with zero attached hydrogens (tertiary/aromatic N) is 1. The zero-order chi connectivity index (χ0) is 15.7. The van der Waals surface area contributed by atoms with Crippen LogP contribution in [0.25, 0.3) is 0 Å². The number of rotatable bonds is 3. The average molecular weight is 305 g/mol. The van der Waals surface area contributed by atoms with Gasteiger partial charge in [-0.05, 0) is 37.5 Å². The van der Waals surface area contributed by atoms with Gasteiger partial charge in [-0.3, -0.25) is 9.59 Å². The van der Waals surface area contributed by atoms with Crippen molar-refractivity contribution in [2.45, 2.75) is 32.2 Å². The van der Waals surface area contributed by atoms with Gasteiger partial charge >= 0.3 is 5.97 Å². The third kappa shape index (κ3) is 2.86. The first-order valence-corrected chi connectivity index (χ1v) is 7.45. The van der Waals surface area contributed by atoms with Crippen LogP contribution in [0.1, 0.15) is 25.3 Å². The summed E-state index contributed by atoms with van der Waals surface area (Å²) in [4.78, 5) is 25.3. The van der Waals surface area contributed by atoms with Crippen molar-refractivity contribution in [2.75, 3.05) is 13.3 Å². The van der Waals surface area contributed by atoms with Crippen LogP contribution in [0, 0.1) is 5.92 Å². The standard InChI is InChI=1S/C16H19NO5/c1-10-2-4-12(16(19)20)8-17(10)15(18)7-11-3-5-13-14(6-11)22-9-21-13/h3,5-6,10,12H,2,4,7-9H2,1H3,(H,19,20). The van der Waals surface area contributed by atoms with Crippen LogP contribution in [-0.2, 0) is 16.0 Å². The lowest BCUT2D eigenvalue weighted by molar-refractivity contribution is -0.146. The summed E-state index contributed by atoms with van der Waals surface area (Å²) in [6, 6.07) is 5.53. The minimum atomic E-state index is -0.826. The molecule has 1 amide bonds. The van der Waals surface area contributed by atoms with Crippen LogP contribution in [0.4, 0.5) is 0 Å². The molecule has 0 saturated carbocycles. The van der Waals surface area contributed by atoms with E-state index in [2.05, 4.69) is 0 Å². The second-order valence-electron chi connectivity index (χ2n) is 5.87. The summed E-state index contributed by atoms with van der Waals surface area (Å²) in [5, 5.41) is 9.15. The van der Waals surface area contributed by atoms with Crippen molar-refractivity contribution < 1.29 is 24.2 Å². The van der Waals surface area contributed by atoms with E-state index in [1.54, 1.807) is 11.0 Å². The molecule has 3 rings (SSSR count). The van der Waals surface area contributed by atoms with Crippen molar-refractivity contribution in [3.63, 3.8) is 0 Å². The summed E-state index contributed by atoms with van der Waals surface area (Å²) in [6.45, 7) is 2.46. The molecule has 2 aliphatic heterocycles. The van der Waals surface area contributed by atoms with Crippen molar-refractivity contribution in [2.24, 2.45) is 5.92 Å². The van der Waals surface area contributed by atoms with Gasteiger partial charge in [-0.1, -0.05) is 6.07 Å². The number of carboxylic acid groups (broad SMARTS) is 1. The molecule has 6 nitrogen and oxygen atoms in total. The number of carbonyl (C=O) groups is 2. The van der Waals surface area contributed by atoms with E-state index in [1.807, 2.05) is 19.1 Å². The van der Waals surface area contributed by atoms with E-state index in [4.69, 9.17) is 14.6 Å². The number of amides is 1. The second kappa shape index (κ2) is 5.87. The molecule has 6 heteroatoms. The number of hydrogen-bond acceptors (Lipinski definition) is 4. The Bertz CT molecular complexity index is 600. The van der Waals surface area contributed by atoms with Crippen LogP contribution < -0.4 is 9.47 Å². The molecule has 2 aliphatic rings. The Morgan fingerprint density at radius 3 is 2.82 bits per heavy atom. The van der Waals surface area contributed by atoms with E-state index in [9.17, 15) is 9.59 Å². The number of carbonyl (C=O) groups excluding carboxylic acids is 1. The number of carboxylic acids is 1. The minimum absolute atomic E-state index is 0.0442. The van der Waals surface area contributed by atoms with Crippen LogP contribution >= 0.6 is 0 Å². The Hall–Kier alpha value is -2.24. The molecule has 0 radical (unpaired) electrons. The number of hydrogen-bond donors (Lipinski definition) is 1. The summed E-state index contributed by atoms with van der Waals surface area (Å²) in [6.07, 6.45) is 1.60. The fourth-order valence-electron chi connectivity index (χ4n) is 2.98. The number of piperidine rings is 1. The zero-order valence-electron chi connectivity index (χ0n) is 12.4. The van der Waals surface area contributed by atoms with Crippen LogP contribution in [0.2, 0.25) is 0 Å². The fraction of sp³-hybridized carbons (Fsp3) is 0.500. The lowest BCUT2D eigenvalue weighted by Gasteiger charge is -2.36. The number of ether oxygens (including phenoxy) is 2. The first-order valence-electron chi connectivity index (χ1n) is 7.45. The molecular formula is C16H19NO5. The molecule has 1 aromatic carbocycles. The van der Waals surface area contributed by atoms with Gasteiger partial charge in [-0.2, -0.15) is 0 Å². The Kier molecular flexibility index (Phi) is 3.92. The predicted molar refractivity (Wildman–Crippen MR) is 77.8 cm³/mol. The molecule has 1 aromatic rings. The van der Waals surface area contributed by atoms with Crippen LogP contribution in [0.3, 0.4) is 0 Å². The third-order valence-electron chi connectivity index (χ3n) is 4.34. The second-order valence-corrected chi connectivity index (χ2v) is 5.87. The molecule has 118 valence electrons. The molecule has 2 unspecified atom stereocenters. The quantitative estimate of drug-likeness (QED) is 0.919. The smallest absolute Gasteiger partial charge is 0.308 e. The van der Waals surface area contributed by atoms with Gasteiger partial charge < -0.3 is 19.5 Å². The molecular weight excluding hydrogens is 286 g/mol. The van der Waals surface area contributed by atoms with Gasteiger partial charge in [0.25, 0.3) is 0 Å². The highest BCUT2D eigenvalue weighted by Gasteiger charge is 2.32. The van der Waals surface area contributed by atoms with Crippen molar-refractivity contribution in [1.29, 1.82) is 0 Å². The van der Waals surface area contributed by atoms with Gasteiger partial charge in [0.1, 0.15) is 0 Å². The van der Waals surface area contributed by atoms with Gasteiger partial charge in [0.05, 0.1) is 12.3 Å². The maximum absolute atomic E-state index is 12.5. The largest absolute Gasteiger partial charge is 0.481 e. The maximum Gasteiger partial charge on any atom is 0.308 e. The maximum atomic E-state index is 12.5. The molecule has 0 bridgehead atoms. The molecule has 1 fully saturated rings. The van der Waals surface area contributed by atoms with Crippen molar-refractivity contribution in [1.82, 2.24) is 4.90 Å². The summed E-state index contributed by atoms with van der Waals surface area (Å²) < 4.78 is 10.6. The molecule has 1 saturated heterocycles. The van der Waals surface area contributed by atoms with Gasteiger partial charge in [0, 0.05) is 12.6 Å².